The van der Waals surface area contributed by atoms with Crippen LogP contribution in [0.25, 0.3) is 21.8 Å². The molecule has 6 heteroatoms. The standard InChI is InChI=1S/C20H19ClN4O/c1-11(2)19-16-9-15(4-6-18(16)24-25-19)22-10-13-7-12-8-14(21)3-5-17(12)23-20(13)26/h3-9,11,22H,10H2,1-2H3,(H,23,26)(H,24,25). The number of hydrogen-bond acceptors (Lipinski definition) is 3. The number of nitrogens with zero attached hydrogens (tertiary/aromatic N) is 1. The summed E-state index contributed by atoms with van der Waals surface area (Å²) in [6, 6.07) is 13.3. The molecule has 3 N–H and O–H groups in total. The Kier molecular flexibility index (Phi) is 4.17. The van der Waals surface area contributed by atoms with Crippen molar-refractivity contribution in [2.75, 3.05) is 5.32 Å². The maximum Gasteiger partial charge on any atom is 0.253 e. The number of aromatic nitrogens is 3. The zero-order valence-corrected chi connectivity index (χ0v) is 15.3. The summed E-state index contributed by atoms with van der Waals surface area (Å²) in [6.45, 7) is 4.69. The third-order valence-corrected chi connectivity index (χ3v) is 4.76. The topological polar surface area (TPSA) is 73.6 Å². The van der Waals surface area contributed by atoms with Crippen LogP contribution in [0.1, 0.15) is 31.0 Å². The minimum atomic E-state index is -0.0976. The molecule has 0 atom stereocenters. The van der Waals surface area contributed by atoms with E-state index in [2.05, 4.69) is 40.4 Å². The van der Waals surface area contributed by atoms with E-state index in [0.717, 1.165) is 33.2 Å². The van der Waals surface area contributed by atoms with Crippen molar-refractivity contribution in [3.05, 3.63) is 69.1 Å². The van der Waals surface area contributed by atoms with Crippen molar-refractivity contribution in [3.63, 3.8) is 0 Å². The van der Waals surface area contributed by atoms with Crippen molar-refractivity contribution in [1.29, 1.82) is 0 Å². The smallest absolute Gasteiger partial charge is 0.253 e. The van der Waals surface area contributed by atoms with Gasteiger partial charge >= 0.3 is 0 Å². The SMILES string of the molecule is CC(C)c1[nH]nc2ccc(NCc3cc4cc(Cl)ccc4[nH]c3=O)cc12. The summed E-state index contributed by atoms with van der Waals surface area (Å²) in [6.07, 6.45) is 0. The Morgan fingerprint density at radius 1 is 1.15 bits per heavy atom. The van der Waals surface area contributed by atoms with E-state index in [4.69, 9.17) is 11.6 Å². The van der Waals surface area contributed by atoms with Crippen LogP contribution in [-0.2, 0) is 6.54 Å². The molecule has 2 aromatic carbocycles. The lowest BCUT2D eigenvalue weighted by Gasteiger charge is -2.08. The summed E-state index contributed by atoms with van der Waals surface area (Å²) >= 11 is 6.05. The van der Waals surface area contributed by atoms with E-state index in [0.29, 0.717) is 23.0 Å². The van der Waals surface area contributed by atoms with Gasteiger partial charge in [0.05, 0.1) is 5.52 Å². The quantitative estimate of drug-likeness (QED) is 0.486. The van der Waals surface area contributed by atoms with Gasteiger partial charge in [0.25, 0.3) is 5.56 Å². The van der Waals surface area contributed by atoms with Gasteiger partial charge in [-0.05, 0) is 48.4 Å². The number of nitrogens with one attached hydrogen (secondary N) is 3. The molecular formula is C20H19ClN4O. The van der Waals surface area contributed by atoms with Crippen molar-refractivity contribution in [3.8, 4) is 0 Å². The minimum absolute atomic E-state index is 0.0976. The van der Waals surface area contributed by atoms with Crippen LogP contribution in [0.3, 0.4) is 0 Å². The second kappa shape index (κ2) is 6.50. The Bertz CT molecular complexity index is 1160. The van der Waals surface area contributed by atoms with Crippen LogP contribution >= 0.6 is 11.6 Å². The third-order valence-electron chi connectivity index (χ3n) is 4.53. The van der Waals surface area contributed by atoms with Gasteiger partial charge in [0.15, 0.2) is 0 Å². The normalized spacial score (nSPS) is 11.5. The van der Waals surface area contributed by atoms with Gasteiger partial charge in [-0.3, -0.25) is 9.89 Å². The number of hydrogen-bond donors (Lipinski definition) is 3. The fourth-order valence-electron chi connectivity index (χ4n) is 3.13. The highest BCUT2D eigenvalue weighted by Crippen LogP contribution is 2.26. The molecule has 0 aliphatic rings. The van der Waals surface area contributed by atoms with Gasteiger partial charge < -0.3 is 10.3 Å². The number of benzene rings is 2. The molecule has 0 aliphatic carbocycles. The lowest BCUT2D eigenvalue weighted by atomic mass is 10.1. The minimum Gasteiger partial charge on any atom is -0.381 e. The molecule has 0 fully saturated rings. The van der Waals surface area contributed by atoms with Gasteiger partial charge in [0, 0.05) is 44.8 Å². The molecule has 0 spiro atoms. The number of anilines is 1. The third kappa shape index (κ3) is 3.06. The summed E-state index contributed by atoms with van der Waals surface area (Å²) in [5.74, 6) is 0.364. The highest BCUT2D eigenvalue weighted by molar-refractivity contribution is 6.31. The molecule has 132 valence electrons. The van der Waals surface area contributed by atoms with Crippen LogP contribution in [0.2, 0.25) is 5.02 Å². The fourth-order valence-corrected chi connectivity index (χ4v) is 3.31. The van der Waals surface area contributed by atoms with Crippen molar-refractivity contribution in [2.45, 2.75) is 26.3 Å². The Morgan fingerprint density at radius 3 is 2.81 bits per heavy atom. The lowest BCUT2D eigenvalue weighted by molar-refractivity contribution is 0.818. The summed E-state index contributed by atoms with van der Waals surface area (Å²) < 4.78 is 0. The van der Waals surface area contributed by atoms with E-state index in [1.807, 2.05) is 30.3 Å². The van der Waals surface area contributed by atoms with E-state index < -0.39 is 0 Å². The Balaban J connectivity index is 1.63. The number of aromatic amines is 2. The lowest BCUT2D eigenvalue weighted by Crippen LogP contribution is -2.15. The largest absolute Gasteiger partial charge is 0.381 e. The predicted molar refractivity (Wildman–Crippen MR) is 107 cm³/mol. The molecule has 0 unspecified atom stereocenters. The average molecular weight is 367 g/mol. The average Bonchev–Trinajstić information content (AvgIpc) is 3.03. The van der Waals surface area contributed by atoms with E-state index in [9.17, 15) is 4.79 Å². The molecule has 0 radical (unpaired) electrons. The molecular weight excluding hydrogens is 348 g/mol. The van der Waals surface area contributed by atoms with Gasteiger partial charge in [-0.1, -0.05) is 25.4 Å². The highest BCUT2D eigenvalue weighted by atomic mass is 35.5. The van der Waals surface area contributed by atoms with Crippen LogP contribution in [0, 0.1) is 0 Å². The van der Waals surface area contributed by atoms with Crippen LogP contribution < -0.4 is 10.9 Å². The highest BCUT2D eigenvalue weighted by Gasteiger charge is 2.10. The van der Waals surface area contributed by atoms with E-state index in [-0.39, 0.29) is 5.56 Å². The first-order valence-electron chi connectivity index (χ1n) is 8.54. The van der Waals surface area contributed by atoms with Crippen molar-refractivity contribution >= 4 is 39.1 Å². The molecule has 26 heavy (non-hydrogen) atoms. The van der Waals surface area contributed by atoms with Crippen LogP contribution in [0.15, 0.2) is 47.3 Å². The number of fused-ring (bicyclic) bond motifs is 2. The Labute approximate surface area is 155 Å². The first kappa shape index (κ1) is 16.7. The van der Waals surface area contributed by atoms with Crippen molar-refractivity contribution < 1.29 is 0 Å². The molecule has 0 bridgehead atoms. The molecule has 0 aliphatic heterocycles. The zero-order valence-electron chi connectivity index (χ0n) is 14.6. The molecule has 2 heterocycles. The summed E-state index contributed by atoms with van der Waals surface area (Å²) in [4.78, 5) is 15.2. The van der Waals surface area contributed by atoms with Crippen LogP contribution in [0.5, 0.6) is 0 Å². The molecule has 0 saturated carbocycles. The molecule has 4 rings (SSSR count). The van der Waals surface area contributed by atoms with E-state index >= 15 is 0 Å². The predicted octanol–water partition coefficient (Wildman–Crippen LogP) is 4.79. The maximum absolute atomic E-state index is 12.3. The van der Waals surface area contributed by atoms with E-state index in [1.54, 1.807) is 6.07 Å². The van der Waals surface area contributed by atoms with Crippen LogP contribution in [0.4, 0.5) is 5.69 Å². The Hall–Kier alpha value is -2.79. The molecule has 0 amide bonds. The molecule has 5 nitrogen and oxygen atoms in total. The maximum atomic E-state index is 12.3. The number of halogens is 1. The van der Waals surface area contributed by atoms with Gasteiger partial charge in [-0.2, -0.15) is 5.10 Å². The van der Waals surface area contributed by atoms with Gasteiger partial charge in [0.2, 0.25) is 0 Å². The summed E-state index contributed by atoms with van der Waals surface area (Å²) in [7, 11) is 0. The monoisotopic (exact) mass is 366 g/mol. The van der Waals surface area contributed by atoms with Crippen molar-refractivity contribution in [1.82, 2.24) is 15.2 Å². The molecule has 4 aromatic rings. The number of H-pyrrole nitrogens is 2. The second-order valence-electron chi connectivity index (χ2n) is 6.73. The Morgan fingerprint density at radius 2 is 2.00 bits per heavy atom. The first-order chi connectivity index (χ1) is 12.5. The first-order valence-corrected chi connectivity index (χ1v) is 8.92. The summed E-state index contributed by atoms with van der Waals surface area (Å²) in [5.41, 5.74) is 4.35. The molecule has 0 saturated heterocycles. The zero-order chi connectivity index (χ0) is 18.3. The van der Waals surface area contributed by atoms with Gasteiger partial charge in [-0.15, -0.1) is 0 Å². The van der Waals surface area contributed by atoms with E-state index in [1.165, 1.54) is 0 Å². The van der Waals surface area contributed by atoms with Gasteiger partial charge in [-0.25, -0.2) is 0 Å². The van der Waals surface area contributed by atoms with Crippen molar-refractivity contribution in [2.24, 2.45) is 0 Å². The second-order valence-corrected chi connectivity index (χ2v) is 7.17. The van der Waals surface area contributed by atoms with Crippen LogP contribution in [-0.4, -0.2) is 15.2 Å². The van der Waals surface area contributed by atoms with Gasteiger partial charge in [0.1, 0.15) is 0 Å². The number of pyridine rings is 1. The molecule has 2 aromatic heterocycles. The summed E-state index contributed by atoms with van der Waals surface area (Å²) in [5, 5.41) is 13.4. The fraction of sp³-hybridized carbons (Fsp3) is 0.200. The number of rotatable bonds is 4.